The number of aromatic nitrogens is 1. The van der Waals surface area contributed by atoms with Crippen LogP contribution in [0, 0.1) is 6.92 Å². The van der Waals surface area contributed by atoms with Crippen LogP contribution in [0.4, 0.5) is 0 Å². The van der Waals surface area contributed by atoms with Gasteiger partial charge in [0.2, 0.25) is 11.8 Å². The van der Waals surface area contributed by atoms with E-state index in [9.17, 15) is 14.4 Å². The van der Waals surface area contributed by atoms with Gasteiger partial charge in [-0.2, -0.15) is 0 Å². The van der Waals surface area contributed by atoms with Crippen LogP contribution in [-0.2, 0) is 30.3 Å². The van der Waals surface area contributed by atoms with Crippen LogP contribution in [0.5, 0.6) is 0 Å². The summed E-state index contributed by atoms with van der Waals surface area (Å²) in [6, 6.07) is 0.440. The van der Waals surface area contributed by atoms with Crippen molar-refractivity contribution in [3.8, 4) is 0 Å². The molecule has 10 nitrogen and oxygen atoms in total. The highest BCUT2D eigenvalue weighted by Crippen LogP contribution is 2.32. The van der Waals surface area contributed by atoms with E-state index in [2.05, 4.69) is 21.1 Å². The Morgan fingerprint density at radius 1 is 1.25 bits per heavy atom. The number of carbonyl (C=O) groups is 3. The van der Waals surface area contributed by atoms with Crippen LogP contribution in [0.15, 0.2) is 21.9 Å². The molecule has 1 saturated carbocycles. The highest BCUT2D eigenvalue weighted by atomic mass is 16.6. The van der Waals surface area contributed by atoms with Crippen molar-refractivity contribution < 1.29 is 28.4 Å². The van der Waals surface area contributed by atoms with Gasteiger partial charge in [0.25, 0.3) is 0 Å². The smallest absolute Gasteiger partial charge is 0.245 e. The number of allylic oxidation sites excluding steroid dienone is 1. The van der Waals surface area contributed by atoms with E-state index >= 15 is 0 Å². The first kappa shape index (κ1) is 23.9. The van der Waals surface area contributed by atoms with E-state index < -0.39 is 11.6 Å². The van der Waals surface area contributed by atoms with Crippen molar-refractivity contribution in [3.63, 3.8) is 0 Å². The Morgan fingerprint density at radius 3 is 2.50 bits per heavy atom. The van der Waals surface area contributed by atoms with Crippen molar-refractivity contribution in [3.05, 3.63) is 28.8 Å². The summed E-state index contributed by atoms with van der Waals surface area (Å²) < 4.78 is 15.5. The highest BCUT2D eigenvalue weighted by molar-refractivity contribution is 5.94. The minimum absolute atomic E-state index is 0.0215. The molecule has 2 unspecified atom stereocenters. The molecular formula is C22H32N4O6. The van der Waals surface area contributed by atoms with Crippen LogP contribution >= 0.6 is 0 Å². The average Bonchev–Trinajstić information content (AvgIpc) is 3.68. The Balaban J connectivity index is 1.55. The average molecular weight is 449 g/mol. The largest absolute Gasteiger partial charge is 0.382 e. The molecule has 2 amide bonds. The number of carbonyl (C=O) groups excluding carboxylic acids is 3. The molecule has 2 heterocycles. The van der Waals surface area contributed by atoms with E-state index in [1.54, 1.807) is 19.9 Å². The fraction of sp³-hybridized carbons (Fsp3) is 0.636. The van der Waals surface area contributed by atoms with E-state index in [0.29, 0.717) is 24.5 Å². The molecule has 3 rings (SSSR count). The Bertz CT molecular complexity index is 883. The zero-order chi connectivity index (χ0) is 23.3. The molecule has 0 aromatic carbocycles. The first-order chi connectivity index (χ1) is 15.3. The van der Waals surface area contributed by atoms with Crippen LogP contribution < -0.4 is 16.0 Å². The number of nitrogens with one attached hydrogen (secondary N) is 3. The van der Waals surface area contributed by atoms with Crippen molar-refractivity contribution in [2.75, 3.05) is 26.9 Å². The fourth-order valence-electron chi connectivity index (χ4n) is 3.38. The third-order valence-electron chi connectivity index (χ3n) is 5.53. The third-order valence-corrected chi connectivity index (χ3v) is 5.53. The number of rotatable bonds is 13. The maximum atomic E-state index is 12.8. The molecule has 2 fully saturated rings. The predicted molar refractivity (Wildman–Crippen MR) is 115 cm³/mol. The Kier molecular flexibility index (Phi) is 7.68. The lowest BCUT2D eigenvalue weighted by Gasteiger charge is -2.23. The van der Waals surface area contributed by atoms with Gasteiger partial charge in [-0.1, -0.05) is 12.1 Å². The summed E-state index contributed by atoms with van der Waals surface area (Å²) in [5.41, 5.74) is 2.01. The Hall–Kier alpha value is -2.72. The summed E-state index contributed by atoms with van der Waals surface area (Å²) in [5, 5.41) is 12.6. The molecule has 1 saturated heterocycles. The van der Waals surface area contributed by atoms with Gasteiger partial charge in [-0.3, -0.25) is 14.4 Å². The van der Waals surface area contributed by atoms with Gasteiger partial charge in [0.05, 0.1) is 37.9 Å². The lowest BCUT2D eigenvalue weighted by atomic mass is 9.98. The molecule has 1 aromatic rings. The zero-order valence-electron chi connectivity index (χ0n) is 19.1. The molecule has 32 heavy (non-hydrogen) atoms. The monoisotopic (exact) mass is 448 g/mol. The summed E-state index contributed by atoms with van der Waals surface area (Å²) >= 11 is 0. The number of nitrogens with zero attached hydrogens (tertiary/aromatic N) is 1. The van der Waals surface area contributed by atoms with Crippen molar-refractivity contribution in [2.45, 2.75) is 64.1 Å². The summed E-state index contributed by atoms with van der Waals surface area (Å²) in [6.07, 6.45) is 2.47. The molecule has 1 aromatic heterocycles. The molecule has 0 bridgehead atoms. The summed E-state index contributed by atoms with van der Waals surface area (Å²) in [7, 11) is 1.46. The molecule has 1 aliphatic heterocycles. The van der Waals surface area contributed by atoms with E-state index in [1.165, 1.54) is 12.7 Å². The number of aryl methyl sites for hydroxylation is 1. The molecule has 2 aliphatic rings. The first-order valence-corrected chi connectivity index (χ1v) is 10.9. The minimum Gasteiger partial charge on any atom is -0.382 e. The van der Waals surface area contributed by atoms with Crippen LogP contribution in [0.1, 0.15) is 44.6 Å². The lowest BCUT2D eigenvalue weighted by molar-refractivity contribution is -0.130. The van der Waals surface area contributed by atoms with E-state index in [-0.39, 0.29) is 43.2 Å². The Morgan fingerprint density at radius 2 is 1.97 bits per heavy atom. The molecule has 1 aliphatic carbocycles. The van der Waals surface area contributed by atoms with Crippen molar-refractivity contribution in [1.29, 1.82) is 0 Å². The van der Waals surface area contributed by atoms with Crippen molar-refractivity contribution in [2.24, 2.45) is 0 Å². The minimum atomic E-state index is -0.857. The lowest BCUT2D eigenvalue weighted by Crippen LogP contribution is -2.51. The number of ketones is 1. The first-order valence-electron chi connectivity index (χ1n) is 10.9. The van der Waals surface area contributed by atoms with Crippen molar-refractivity contribution >= 4 is 17.6 Å². The highest BCUT2D eigenvalue weighted by Gasteiger charge is 2.49. The van der Waals surface area contributed by atoms with Gasteiger partial charge in [0.15, 0.2) is 5.78 Å². The van der Waals surface area contributed by atoms with E-state index in [0.717, 1.165) is 18.5 Å². The maximum absolute atomic E-state index is 12.8. The summed E-state index contributed by atoms with van der Waals surface area (Å²) in [4.78, 5) is 37.7. The molecular weight excluding hydrogens is 416 g/mol. The van der Waals surface area contributed by atoms with Gasteiger partial charge in [-0.25, -0.2) is 0 Å². The second-order valence-electron chi connectivity index (χ2n) is 8.48. The molecule has 0 radical (unpaired) electrons. The molecule has 176 valence electrons. The second kappa shape index (κ2) is 10.3. The zero-order valence-corrected chi connectivity index (χ0v) is 19.1. The van der Waals surface area contributed by atoms with Gasteiger partial charge in [0.1, 0.15) is 17.4 Å². The van der Waals surface area contributed by atoms with Gasteiger partial charge < -0.3 is 29.9 Å². The number of epoxide rings is 1. The van der Waals surface area contributed by atoms with Crippen LogP contribution in [0.25, 0.3) is 0 Å². The standard InChI is InChI=1S/C22H32N4O6/c1-5-16(20(28)22(3)12-31-22)24-17(14-6-7-14)10-23-21(29)18(11-30-4)25-19(27)9-15-8-13(2)26-32-15/h8,16,18,24H,5-7,9-12H2,1-4H3,(H,23,29)(H,25,27)/t16?,18-,22?/m0/s1. The van der Waals surface area contributed by atoms with Gasteiger partial charge in [-0.15, -0.1) is 0 Å². The van der Waals surface area contributed by atoms with Gasteiger partial charge in [0, 0.05) is 18.9 Å². The third kappa shape index (κ3) is 6.39. The van der Waals surface area contributed by atoms with E-state index in [1.807, 2.05) is 6.92 Å². The normalized spacial score (nSPS) is 20.8. The molecule has 3 atom stereocenters. The number of methoxy groups -OCH3 is 1. The van der Waals surface area contributed by atoms with Gasteiger partial charge in [-0.05, 0) is 38.7 Å². The quantitative estimate of drug-likeness (QED) is 0.372. The van der Waals surface area contributed by atoms with E-state index in [4.69, 9.17) is 14.0 Å². The number of hydrogen-bond acceptors (Lipinski definition) is 8. The number of Topliss-reactive ketones (excluding diaryl/α,β-unsaturated/α-hetero) is 1. The van der Waals surface area contributed by atoms with Crippen LogP contribution in [0.3, 0.4) is 0 Å². The molecule has 3 N–H and O–H groups in total. The summed E-state index contributed by atoms with van der Waals surface area (Å²) in [5.74, 6) is -0.291. The van der Waals surface area contributed by atoms with Gasteiger partial charge >= 0.3 is 0 Å². The SMILES string of the molecule is CCC(NC(CNC(=O)[C@H](COC)NC(=O)Cc1cc(C)no1)=C1CC1)C(=O)C1(C)CO1. The fourth-order valence-corrected chi connectivity index (χ4v) is 3.38. The Labute approximate surface area is 187 Å². The van der Waals surface area contributed by atoms with Crippen LogP contribution in [0.2, 0.25) is 0 Å². The number of hydrogen-bond donors (Lipinski definition) is 3. The predicted octanol–water partition coefficient (Wildman–Crippen LogP) is 0.547. The number of amides is 2. The molecule has 10 heteroatoms. The number of ether oxygens (including phenoxy) is 2. The van der Waals surface area contributed by atoms with Crippen LogP contribution in [-0.4, -0.2) is 67.3 Å². The second-order valence-corrected chi connectivity index (χ2v) is 8.48. The van der Waals surface area contributed by atoms with Crippen molar-refractivity contribution in [1.82, 2.24) is 21.1 Å². The molecule has 0 spiro atoms. The summed E-state index contributed by atoms with van der Waals surface area (Å²) in [6.45, 7) is 6.21. The topological polar surface area (TPSA) is 135 Å². The maximum Gasteiger partial charge on any atom is 0.245 e.